The van der Waals surface area contributed by atoms with Gasteiger partial charge in [-0.1, -0.05) is 6.07 Å². The van der Waals surface area contributed by atoms with E-state index in [1.165, 1.54) is 30.7 Å². The van der Waals surface area contributed by atoms with E-state index < -0.39 is 29.1 Å². The molecule has 1 aromatic carbocycles. The van der Waals surface area contributed by atoms with E-state index in [4.69, 9.17) is 0 Å². The lowest BCUT2D eigenvalue weighted by Gasteiger charge is -2.32. The van der Waals surface area contributed by atoms with Gasteiger partial charge in [0.05, 0.1) is 0 Å². The summed E-state index contributed by atoms with van der Waals surface area (Å²) >= 11 is 1.08. The second kappa shape index (κ2) is 5.51. The zero-order chi connectivity index (χ0) is 17.6. The molecule has 0 bridgehead atoms. The Hall–Kier alpha value is -1.57. The van der Waals surface area contributed by atoms with Gasteiger partial charge in [0, 0.05) is 5.56 Å². The zero-order valence-corrected chi connectivity index (χ0v) is 12.7. The quantitative estimate of drug-likeness (QED) is 0.569. The van der Waals surface area contributed by atoms with E-state index >= 15 is 0 Å². The van der Waals surface area contributed by atoms with Crippen molar-refractivity contribution in [2.24, 2.45) is 0 Å². The minimum absolute atomic E-state index is 0.00740. The highest BCUT2D eigenvalue weighted by molar-refractivity contribution is 7.08. The summed E-state index contributed by atoms with van der Waals surface area (Å²) < 4.78 is 92.9. The Morgan fingerprint density at radius 3 is 1.96 bits per heavy atom. The first-order valence-electron chi connectivity index (χ1n) is 6.28. The lowest BCUT2D eigenvalue weighted by molar-refractivity contribution is -0.348. The van der Waals surface area contributed by atoms with Crippen LogP contribution in [0.3, 0.4) is 0 Å². The average Bonchev–Trinajstić information content (AvgIpc) is 2.87. The molecular formula is C15H10F7S. The fourth-order valence-corrected chi connectivity index (χ4v) is 3.05. The van der Waals surface area contributed by atoms with E-state index in [0.717, 1.165) is 11.3 Å². The molecule has 0 aliphatic heterocycles. The van der Waals surface area contributed by atoms with Crippen LogP contribution in [0.25, 0.3) is 11.1 Å². The van der Waals surface area contributed by atoms with Crippen molar-refractivity contribution in [3.8, 4) is 11.1 Å². The molecule has 0 saturated heterocycles. The minimum Gasteiger partial charge on any atom is -0.218 e. The molecule has 0 N–H and O–H groups in total. The van der Waals surface area contributed by atoms with Crippen molar-refractivity contribution in [1.29, 1.82) is 0 Å². The molecule has 0 aliphatic rings. The van der Waals surface area contributed by atoms with Crippen LogP contribution in [0.1, 0.15) is 16.7 Å². The van der Waals surface area contributed by atoms with E-state index in [1.54, 1.807) is 0 Å². The Balaban J connectivity index is 2.90. The van der Waals surface area contributed by atoms with Gasteiger partial charge < -0.3 is 0 Å². The van der Waals surface area contributed by atoms with Crippen LogP contribution in [-0.4, -0.2) is 12.4 Å². The van der Waals surface area contributed by atoms with Crippen LogP contribution in [0, 0.1) is 19.9 Å². The molecule has 8 heteroatoms. The molecule has 0 aliphatic carbocycles. The summed E-state index contributed by atoms with van der Waals surface area (Å²) in [6.45, 7) is 2.57. The molecule has 0 amide bonds. The van der Waals surface area contributed by atoms with Gasteiger partial charge in [-0.15, -0.1) is 0 Å². The summed E-state index contributed by atoms with van der Waals surface area (Å²) in [5.74, 6) is 0. The van der Waals surface area contributed by atoms with Gasteiger partial charge in [-0.05, 0) is 59.0 Å². The molecule has 2 aromatic rings. The van der Waals surface area contributed by atoms with Crippen molar-refractivity contribution >= 4 is 11.3 Å². The Morgan fingerprint density at radius 2 is 1.52 bits per heavy atom. The van der Waals surface area contributed by atoms with Crippen LogP contribution in [0.4, 0.5) is 30.7 Å². The lowest BCUT2D eigenvalue weighted by Crippen LogP contribution is -2.50. The highest BCUT2D eigenvalue weighted by atomic mass is 32.1. The van der Waals surface area contributed by atoms with E-state index in [1.807, 2.05) is 0 Å². The van der Waals surface area contributed by atoms with Gasteiger partial charge in [0.2, 0.25) is 0 Å². The van der Waals surface area contributed by atoms with Crippen molar-refractivity contribution in [3.05, 3.63) is 45.6 Å². The van der Waals surface area contributed by atoms with Gasteiger partial charge in [0.1, 0.15) is 0 Å². The predicted octanol–water partition coefficient (Wildman–Crippen LogP) is 6.12. The summed E-state index contributed by atoms with van der Waals surface area (Å²) in [5.41, 5.74) is -7.24. The van der Waals surface area contributed by atoms with Crippen molar-refractivity contribution in [3.63, 3.8) is 0 Å². The van der Waals surface area contributed by atoms with Crippen molar-refractivity contribution < 1.29 is 30.7 Å². The third kappa shape index (κ3) is 2.84. The van der Waals surface area contributed by atoms with E-state index in [0.29, 0.717) is 6.07 Å². The van der Waals surface area contributed by atoms with Crippen molar-refractivity contribution in [1.82, 2.24) is 0 Å². The largest absolute Gasteiger partial charge is 0.435 e. The second-order valence-electron chi connectivity index (χ2n) is 5.03. The number of halogens is 7. The SMILES string of the molecule is Cc1[c]c(C)c(-c2ccsc2)c(C(F)(C(F)(F)F)C(F)(F)F)c1. The molecule has 0 saturated carbocycles. The average molecular weight is 355 g/mol. The maximum atomic E-state index is 14.5. The first-order chi connectivity index (χ1) is 10.4. The van der Waals surface area contributed by atoms with Gasteiger partial charge in [0.15, 0.2) is 0 Å². The summed E-state index contributed by atoms with van der Waals surface area (Å²) in [7, 11) is 0. The number of alkyl halides is 7. The van der Waals surface area contributed by atoms with E-state index in [2.05, 4.69) is 6.07 Å². The number of benzene rings is 1. The van der Waals surface area contributed by atoms with Crippen molar-refractivity contribution in [2.45, 2.75) is 31.9 Å². The van der Waals surface area contributed by atoms with Crippen LogP contribution >= 0.6 is 11.3 Å². The van der Waals surface area contributed by atoms with Crippen LogP contribution in [0.15, 0.2) is 22.9 Å². The molecule has 1 aromatic heterocycles. The predicted molar refractivity (Wildman–Crippen MR) is 73.0 cm³/mol. The normalized spacial score (nSPS) is 13.4. The van der Waals surface area contributed by atoms with Gasteiger partial charge in [-0.3, -0.25) is 0 Å². The van der Waals surface area contributed by atoms with Crippen molar-refractivity contribution in [2.75, 3.05) is 0 Å². The minimum atomic E-state index is -6.14. The fourth-order valence-electron chi connectivity index (χ4n) is 2.40. The number of thiophene rings is 1. The number of aryl methyl sites for hydroxylation is 2. The summed E-state index contributed by atoms with van der Waals surface area (Å²) in [6.07, 6.45) is -12.3. The van der Waals surface area contributed by atoms with Gasteiger partial charge >= 0.3 is 18.0 Å². The Morgan fingerprint density at radius 1 is 0.957 bits per heavy atom. The second-order valence-corrected chi connectivity index (χ2v) is 5.81. The highest BCUT2D eigenvalue weighted by Crippen LogP contribution is 2.55. The molecule has 0 atom stereocenters. The molecule has 0 unspecified atom stereocenters. The first-order valence-corrected chi connectivity index (χ1v) is 7.23. The first kappa shape index (κ1) is 17.8. The monoisotopic (exact) mass is 355 g/mol. The highest BCUT2D eigenvalue weighted by Gasteiger charge is 2.74. The Labute approximate surface area is 131 Å². The molecule has 23 heavy (non-hydrogen) atoms. The van der Waals surface area contributed by atoms with E-state index in [9.17, 15) is 30.7 Å². The standard InChI is InChI=1S/C15H10F7S/c1-8-5-9(2)12(10-3-4-23-7-10)11(6-8)13(16,14(17,18)19)15(20,21)22/h3-4,6-7H,1-2H3. The third-order valence-corrected chi connectivity index (χ3v) is 4.04. The summed E-state index contributed by atoms with van der Waals surface area (Å²) in [4.78, 5) is 0. The van der Waals surface area contributed by atoms with Crippen LogP contribution in [0.2, 0.25) is 0 Å². The van der Waals surface area contributed by atoms with Gasteiger partial charge in [-0.2, -0.15) is 37.7 Å². The molecule has 2 rings (SSSR count). The van der Waals surface area contributed by atoms with Crippen LogP contribution in [0.5, 0.6) is 0 Å². The zero-order valence-electron chi connectivity index (χ0n) is 11.9. The lowest BCUT2D eigenvalue weighted by atomic mass is 9.84. The number of hydrogen-bond donors (Lipinski definition) is 0. The third-order valence-electron chi connectivity index (χ3n) is 3.35. The smallest absolute Gasteiger partial charge is 0.218 e. The molecular weight excluding hydrogens is 345 g/mol. The summed E-state index contributed by atoms with van der Waals surface area (Å²) in [6, 6.07) is 4.54. The van der Waals surface area contributed by atoms with Gasteiger partial charge in [0.25, 0.3) is 0 Å². The fraction of sp³-hybridized carbons (Fsp3) is 0.333. The van der Waals surface area contributed by atoms with E-state index in [-0.39, 0.29) is 16.7 Å². The molecule has 0 fully saturated rings. The van der Waals surface area contributed by atoms with Crippen LogP contribution < -0.4 is 0 Å². The maximum Gasteiger partial charge on any atom is 0.435 e. The summed E-state index contributed by atoms with van der Waals surface area (Å²) in [5, 5.41) is 2.85. The van der Waals surface area contributed by atoms with Crippen LogP contribution in [-0.2, 0) is 5.67 Å². The van der Waals surface area contributed by atoms with Gasteiger partial charge in [-0.25, -0.2) is 4.39 Å². The Kier molecular flexibility index (Phi) is 4.26. The maximum absolute atomic E-state index is 14.5. The molecule has 1 heterocycles. The molecule has 0 spiro atoms. The number of hydrogen-bond acceptors (Lipinski definition) is 1. The Bertz CT molecular complexity index is 682. The molecule has 0 nitrogen and oxygen atoms in total. The molecule has 1 radical (unpaired) electrons. The molecule has 125 valence electrons. The topological polar surface area (TPSA) is 0 Å². The number of rotatable bonds is 2.